The summed E-state index contributed by atoms with van der Waals surface area (Å²) in [5.74, 6) is 0.987. The van der Waals surface area contributed by atoms with Gasteiger partial charge in [0.2, 0.25) is 0 Å². The van der Waals surface area contributed by atoms with E-state index in [1.54, 1.807) is 0 Å². The molecule has 1 aliphatic rings. The van der Waals surface area contributed by atoms with Crippen LogP contribution in [0.1, 0.15) is 25.3 Å². The van der Waals surface area contributed by atoms with Crippen molar-refractivity contribution in [2.24, 2.45) is 0 Å². The van der Waals surface area contributed by atoms with Gasteiger partial charge in [-0.05, 0) is 49.6 Å². The molecule has 1 saturated heterocycles. The summed E-state index contributed by atoms with van der Waals surface area (Å²) in [6, 6.07) is 5.87. The smallest absolute Gasteiger partial charge is 0.123 e. The topological polar surface area (TPSA) is 21.3 Å². The molecule has 0 bridgehead atoms. The molecule has 0 amide bonds. The Bertz CT molecular complexity index is 348. The predicted octanol–water partition coefficient (Wildman–Crippen LogP) is 3.03. The maximum absolute atomic E-state index is 6.01. The minimum absolute atomic E-state index is 0.306. The Kier molecular flexibility index (Phi) is 4.08. The summed E-state index contributed by atoms with van der Waals surface area (Å²) in [7, 11) is 0. The zero-order valence-corrected chi connectivity index (χ0v) is 10.4. The van der Waals surface area contributed by atoms with E-state index in [0.717, 1.165) is 36.7 Å². The summed E-state index contributed by atoms with van der Waals surface area (Å²) < 4.78 is 6.01. The van der Waals surface area contributed by atoms with E-state index in [2.05, 4.69) is 12.2 Å². The molecule has 0 aromatic heterocycles. The van der Waals surface area contributed by atoms with Gasteiger partial charge in [-0.3, -0.25) is 0 Å². The van der Waals surface area contributed by atoms with E-state index in [0.29, 0.717) is 6.10 Å². The minimum atomic E-state index is 0.306. The van der Waals surface area contributed by atoms with E-state index < -0.39 is 0 Å². The maximum atomic E-state index is 6.01. The van der Waals surface area contributed by atoms with Crippen LogP contribution >= 0.6 is 11.6 Å². The highest BCUT2D eigenvalue weighted by Gasteiger charge is 2.15. The van der Waals surface area contributed by atoms with Gasteiger partial charge in [0.05, 0.1) is 0 Å². The predicted molar refractivity (Wildman–Crippen MR) is 67.3 cm³/mol. The van der Waals surface area contributed by atoms with Crippen LogP contribution < -0.4 is 10.1 Å². The Morgan fingerprint density at radius 1 is 1.50 bits per heavy atom. The molecule has 16 heavy (non-hydrogen) atoms. The van der Waals surface area contributed by atoms with Gasteiger partial charge in [0, 0.05) is 11.6 Å². The third-order valence-electron chi connectivity index (χ3n) is 2.95. The Balaban J connectivity index is 2.07. The van der Waals surface area contributed by atoms with Gasteiger partial charge in [0.1, 0.15) is 11.9 Å². The average molecular weight is 240 g/mol. The summed E-state index contributed by atoms with van der Waals surface area (Å²) in [4.78, 5) is 0. The van der Waals surface area contributed by atoms with Gasteiger partial charge >= 0.3 is 0 Å². The van der Waals surface area contributed by atoms with E-state index in [1.165, 1.54) is 12.0 Å². The first kappa shape index (κ1) is 11.7. The Labute approximate surface area is 102 Å². The lowest BCUT2D eigenvalue weighted by atomic mass is 10.1. The van der Waals surface area contributed by atoms with Crippen molar-refractivity contribution < 1.29 is 4.74 Å². The molecule has 1 aromatic carbocycles. The number of hydrogen-bond acceptors (Lipinski definition) is 2. The number of aryl methyl sites for hydroxylation is 1. The Hall–Kier alpha value is -0.730. The van der Waals surface area contributed by atoms with Crippen molar-refractivity contribution in [3.8, 4) is 5.75 Å². The highest BCUT2D eigenvalue weighted by atomic mass is 35.5. The summed E-state index contributed by atoms with van der Waals surface area (Å²) in [6.45, 7) is 4.19. The Morgan fingerprint density at radius 2 is 2.38 bits per heavy atom. The molecule has 1 aromatic rings. The maximum Gasteiger partial charge on any atom is 0.123 e. The van der Waals surface area contributed by atoms with Gasteiger partial charge in [-0.2, -0.15) is 0 Å². The molecule has 0 radical (unpaired) electrons. The quantitative estimate of drug-likeness (QED) is 0.876. The number of halogens is 1. The van der Waals surface area contributed by atoms with Crippen LogP contribution in [0.4, 0.5) is 0 Å². The zero-order valence-electron chi connectivity index (χ0n) is 9.63. The van der Waals surface area contributed by atoms with Crippen molar-refractivity contribution in [2.75, 3.05) is 13.1 Å². The summed E-state index contributed by atoms with van der Waals surface area (Å²) in [6.07, 6.45) is 3.59. The van der Waals surface area contributed by atoms with E-state index in [1.807, 2.05) is 18.2 Å². The normalized spacial score (nSPS) is 20.8. The number of rotatable bonds is 3. The molecule has 1 atom stereocenters. The molecule has 88 valence electrons. The molecular weight excluding hydrogens is 222 g/mol. The molecule has 1 heterocycles. The monoisotopic (exact) mass is 239 g/mol. The third kappa shape index (κ3) is 2.89. The van der Waals surface area contributed by atoms with Crippen molar-refractivity contribution in [1.82, 2.24) is 5.32 Å². The van der Waals surface area contributed by atoms with Gasteiger partial charge in [0.15, 0.2) is 0 Å². The van der Waals surface area contributed by atoms with Crippen molar-refractivity contribution in [3.05, 3.63) is 28.8 Å². The second-order valence-electron chi connectivity index (χ2n) is 4.19. The van der Waals surface area contributed by atoms with Gasteiger partial charge in [-0.15, -0.1) is 0 Å². The summed E-state index contributed by atoms with van der Waals surface area (Å²) in [5.41, 5.74) is 1.19. The number of piperidine rings is 1. The molecule has 2 rings (SSSR count). The third-order valence-corrected chi connectivity index (χ3v) is 3.18. The second kappa shape index (κ2) is 5.55. The zero-order chi connectivity index (χ0) is 11.4. The molecule has 0 saturated carbocycles. The largest absolute Gasteiger partial charge is 0.489 e. The summed E-state index contributed by atoms with van der Waals surface area (Å²) in [5, 5.41) is 4.14. The van der Waals surface area contributed by atoms with E-state index in [9.17, 15) is 0 Å². The lowest BCUT2D eigenvalue weighted by Gasteiger charge is -2.25. The first-order valence-corrected chi connectivity index (χ1v) is 6.33. The lowest BCUT2D eigenvalue weighted by Crippen LogP contribution is -2.37. The first-order valence-electron chi connectivity index (χ1n) is 5.95. The molecule has 1 N–H and O–H groups in total. The number of hydrogen-bond donors (Lipinski definition) is 1. The minimum Gasteiger partial charge on any atom is -0.489 e. The van der Waals surface area contributed by atoms with Gasteiger partial charge < -0.3 is 10.1 Å². The van der Waals surface area contributed by atoms with Crippen molar-refractivity contribution in [2.45, 2.75) is 32.3 Å². The standard InChI is InChI=1S/C13H18ClNO/c1-2-10-8-11(14)5-6-13(10)16-12-4-3-7-15-9-12/h5-6,8,12,15H,2-4,7,9H2,1H3/t12-/m1/s1. The van der Waals surface area contributed by atoms with Crippen LogP contribution in [-0.4, -0.2) is 19.2 Å². The number of benzene rings is 1. The van der Waals surface area contributed by atoms with Crippen LogP contribution in [0.2, 0.25) is 5.02 Å². The molecule has 1 aliphatic heterocycles. The van der Waals surface area contributed by atoms with Gasteiger partial charge in [-0.25, -0.2) is 0 Å². The van der Waals surface area contributed by atoms with Crippen LogP contribution in [0, 0.1) is 0 Å². The van der Waals surface area contributed by atoms with Crippen LogP contribution in [0.5, 0.6) is 5.75 Å². The van der Waals surface area contributed by atoms with Gasteiger partial charge in [-0.1, -0.05) is 18.5 Å². The van der Waals surface area contributed by atoms with E-state index in [4.69, 9.17) is 16.3 Å². The van der Waals surface area contributed by atoms with E-state index in [-0.39, 0.29) is 0 Å². The van der Waals surface area contributed by atoms with Crippen LogP contribution in [-0.2, 0) is 6.42 Å². The Morgan fingerprint density at radius 3 is 3.06 bits per heavy atom. The fraction of sp³-hybridized carbons (Fsp3) is 0.538. The van der Waals surface area contributed by atoms with Crippen LogP contribution in [0.15, 0.2) is 18.2 Å². The van der Waals surface area contributed by atoms with Crippen molar-refractivity contribution in [1.29, 1.82) is 0 Å². The highest BCUT2D eigenvalue weighted by molar-refractivity contribution is 6.30. The fourth-order valence-electron chi connectivity index (χ4n) is 2.04. The van der Waals surface area contributed by atoms with Crippen molar-refractivity contribution >= 4 is 11.6 Å². The summed E-state index contributed by atoms with van der Waals surface area (Å²) >= 11 is 5.97. The number of nitrogens with one attached hydrogen (secondary N) is 1. The van der Waals surface area contributed by atoms with E-state index >= 15 is 0 Å². The first-order chi connectivity index (χ1) is 7.79. The molecule has 0 unspecified atom stereocenters. The molecule has 3 heteroatoms. The van der Waals surface area contributed by atoms with Crippen molar-refractivity contribution in [3.63, 3.8) is 0 Å². The second-order valence-corrected chi connectivity index (χ2v) is 4.63. The number of ether oxygens (including phenoxy) is 1. The van der Waals surface area contributed by atoms with Gasteiger partial charge in [0.25, 0.3) is 0 Å². The van der Waals surface area contributed by atoms with Crippen LogP contribution in [0.25, 0.3) is 0 Å². The van der Waals surface area contributed by atoms with Crippen LogP contribution in [0.3, 0.4) is 0 Å². The molecule has 1 fully saturated rings. The molecular formula is C13H18ClNO. The highest BCUT2D eigenvalue weighted by Crippen LogP contribution is 2.25. The molecule has 0 spiro atoms. The SMILES string of the molecule is CCc1cc(Cl)ccc1O[C@@H]1CCCNC1. The fourth-order valence-corrected chi connectivity index (χ4v) is 2.23. The molecule has 2 nitrogen and oxygen atoms in total. The lowest BCUT2D eigenvalue weighted by molar-refractivity contribution is 0.165. The average Bonchev–Trinajstić information content (AvgIpc) is 2.33. The molecule has 0 aliphatic carbocycles.